The molecule has 1 fully saturated rings. The third-order valence-corrected chi connectivity index (χ3v) is 6.15. The zero-order valence-electron chi connectivity index (χ0n) is 11.8. The van der Waals surface area contributed by atoms with Crippen molar-refractivity contribution in [3.63, 3.8) is 0 Å². The molecule has 0 bridgehead atoms. The molecule has 2 aromatic carbocycles. The van der Waals surface area contributed by atoms with E-state index < -0.39 is 7.52 Å². The fraction of sp³-hybridized carbons (Fsp3) is 0.176. The van der Waals surface area contributed by atoms with Crippen molar-refractivity contribution in [2.75, 3.05) is 5.09 Å². The summed E-state index contributed by atoms with van der Waals surface area (Å²) >= 11 is 6.09. The molecule has 0 aromatic heterocycles. The molecule has 2 aromatic rings. The molecule has 22 heavy (non-hydrogen) atoms. The van der Waals surface area contributed by atoms with Crippen LogP contribution in [0.2, 0.25) is 5.02 Å². The Kier molecular flexibility index (Phi) is 3.28. The lowest BCUT2D eigenvalue weighted by molar-refractivity contribution is 0.394. The quantitative estimate of drug-likeness (QED) is 0.800. The molecule has 1 N–H and O–H groups in total. The van der Waals surface area contributed by atoms with Gasteiger partial charge in [0.15, 0.2) is 0 Å². The van der Waals surface area contributed by atoms with Crippen molar-refractivity contribution in [3.8, 4) is 0 Å². The minimum atomic E-state index is -3.23. The van der Waals surface area contributed by atoms with E-state index in [0.717, 1.165) is 29.9 Å². The van der Waals surface area contributed by atoms with Gasteiger partial charge in [0.05, 0.1) is 5.30 Å². The first-order valence-electron chi connectivity index (χ1n) is 7.29. The van der Waals surface area contributed by atoms with Crippen LogP contribution in [0.15, 0.2) is 54.3 Å². The molecule has 112 valence electrons. The molecule has 2 aliphatic rings. The van der Waals surface area contributed by atoms with E-state index >= 15 is 0 Å². The average Bonchev–Trinajstić information content (AvgIpc) is 3.33. The minimum absolute atomic E-state index is 0.398. The van der Waals surface area contributed by atoms with Crippen molar-refractivity contribution in [1.29, 1.82) is 0 Å². The van der Waals surface area contributed by atoms with Gasteiger partial charge in [-0.3, -0.25) is 0 Å². The monoisotopic (exact) mass is 331 g/mol. The third-order valence-electron chi connectivity index (χ3n) is 3.87. The Bertz CT molecular complexity index is 800. The van der Waals surface area contributed by atoms with Crippen LogP contribution in [-0.2, 0) is 9.09 Å². The molecular formula is C17H15ClNO2P. The van der Waals surface area contributed by atoms with Crippen molar-refractivity contribution in [2.45, 2.75) is 12.8 Å². The fourth-order valence-corrected chi connectivity index (χ4v) is 4.89. The molecule has 1 saturated carbocycles. The van der Waals surface area contributed by atoms with Crippen LogP contribution >= 0.6 is 19.1 Å². The van der Waals surface area contributed by atoms with E-state index in [0.29, 0.717) is 16.2 Å². The number of rotatable bonds is 3. The molecule has 1 heterocycles. The normalized spacial score (nSPS) is 23.2. The second kappa shape index (κ2) is 5.19. The second-order valence-electron chi connectivity index (χ2n) is 5.64. The maximum atomic E-state index is 13.5. The lowest BCUT2D eigenvalue weighted by Gasteiger charge is -2.28. The lowest BCUT2D eigenvalue weighted by Crippen LogP contribution is -2.21. The highest BCUT2D eigenvalue weighted by Crippen LogP contribution is 2.55. The summed E-state index contributed by atoms with van der Waals surface area (Å²) in [5, 5.41) is 4.28. The van der Waals surface area contributed by atoms with Crippen LogP contribution in [0.5, 0.6) is 0 Å². The van der Waals surface area contributed by atoms with Crippen LogP contribution in [0.4, 0.5) is 5.69 Å². The maximum Gasteiger partial charge on any atom is 0.372 e. The first kappa shape index (κ1) is 13.9. The Labute approximate surface area is 134 Å². The number of benzene rings is 2. The summed E-state index contributed by atoms with van der Waals surface area (Å²) in [6, 6.07) is 14.9. The van der Waals surface area contributed by atoms with E-state index in [2.05, 4.69) is 5.09 Å². The Morgan fingerprint density at radius 3 is 2.64 bits per heavy atom. The summed E-state index contributed by atoms with van der Waals surface area (Å²) < 4.78 is 19.4. The van der Waals surface area contributed by atoms with Gasteiger partial charge < -0.3 is 9.61 Å². The van der Waals surface area contributed by atoms with Crippen LogP contribution < -0.4 is 10.4 Å². The van der Waals surface area contributed by atoms with E-state index in [9.17, 15) is 4.57 Å². The number of allylic oxidation sites excluding steroid dienone is 1. The summed E-state index contributed by atoms with van der Waals surface area (Å²) in [6.07, 6.45) is 4.19. The van der Waals surface area contributed by atoms with Crippen molar-refractivity contribution < 1.29 is 9.09 Å². The van der Waals surface area contributed by atoms with Gasteiger partial charge in [0, 0.05) is 16.6 Å². The van der Waals surface area contributed by atoms with Crippen molar-refractivity contribution in [1.82, 2.24) is 0 Å². The van der Waals surface area contributed by atoms with Crippen LogP contribution in [-0.4, -0.2) is 0 Å². The summed E-state index contributed by atoms with van der Waals surface area (Å²) in [6.45, 7) is 0. The molecule has 0 amide bonds. The first-order valence-corrected chi connectivity index (χ1v) is 9.29. The van der Waals surface area contributed by atoms with Crippen LogP contribution in [0.1, 0.15) is 18.4 Å². The standard InChI is InChI=1S/C17H15ClNO2P/c18-14-9-8-13-10-16(12-6-7-12)21-22(20,17(13)11-14)19-15-4-2-1-3-5-15/h1-5,8-12H,6-7H2,(H,19,20). The number of nitrogens with one attached hydrogen (secondary N) is 1. The highest BCUT2D eigenvalue weighted by atomic mass is 35.5. The third kappa shape index (κ3) is 2.55. The van der Waals surface area contributed by atoms with E-state index in [4.69, 9.17) is 16.1 Å². The molecule has 3 nitrogen and oxygen atoms in total. The highest BCUT2D eigenvalue weighted by Gasteiger charge is 2.39. The molecule has 0 saturated heterocycles. The SMILES string of the molecule is O=P1(Nc2ccccc2)OC(C2CC2)=Cc2ccc(Cl)cc21. The molecule has 1 atom stereocenters. The van der Waals surface area contributed by atoms with Crippen LogP contribution in [0.3, 0.4) is 0 Å². The van der Waals surface area contributed by atoms with Gasteiger partial charge in [-0.15, -0.1) is 0 Å². The van der Waals surface area contributed by atoms with Gasteiger partial charge in [-0.25, -0.2) is 4.57 Å². The molecule has 0 spiro atoms. The van der Waals surface area contributed by atoms with E-state index in [1.807, 2.05) is 48.5 Å². The maximum absolute atomic E-state index is 13.5. The summed E-state index contributed by atoms with van der Waals surface area (Å²) in [4.78, 5) is 0. The largest absolute Gasteiger partial charge is 0.430 e. The molecule has 1 aliphatic heterocycles. The van der Waals surface area contributed by atoms with Gasteiger partial charge in [-0.05, 0) is 48.7 Å². The predicted octanol–water partition coefficient (Wildman–Crippen LogP) is 5.05. The lowest BCUT2D eigenvalue weighted by atomic mass is 10.1. The van der Waals surface area contributed by atoms with Gasteiger partial charge in [0.2, 0.25) is 0 Å². The second-order valence-corrected chi connectivity index (χ2v) is 8.07. The topological polar surface area (TPSA) is 38.3 Å². The minimum Gasteiger partial charge on any atom is -0.430 e. The molecule has 5 heteroatoms. The van der Waals surface area contributed by atoms with Gasteiger partial charge >= 0.3 is 7.52 Å². The van der Waals surface area contributed by atoms with E-state index in [1.54, 1.807) is 6.07 Å². The average molecular weight is 332 g/mol. The summed E-state index contributed by atoms with van der Waals surface area (Å²) in [5.41, 5.74) is 1.69. The zero-order chi connectivity index (χ0) is 15.2. The highest BCUT2D eigenvalue weighted by molar-refractivity contribution is 7.68. The summed E-state index contributed by atoms with van der Waals surface area (Å²) in [7, 11) is -3.23. The number of anilines is 1. The van der Waals surface area contributed by atoms with Crippen molar-refractivity contribution >= 4 is 36.2 Å². The predicted molar refractivity (Wildman–Crippen MR) is 90.5 cm³/mol. The Balaban J connectivity index is 1.80. The fourth-order valence-electron chi connectivity index (χ4n) is 2.60. The molecular weight excluding hydrogens is 317 g/mol. The smallest absolute Gasteiger partial charge is 0.372 e. The number of para-hydroxylation sites is 1. The van der Waals surface area contributed by atoms with Crippen molar-refractivity contribution in [3.05, 3.63) is 64.9 Å². The van der Waals surface area contributed by atoms with Crippen molar-refractivity contribution in [2.24, 2.45) is 5.92 Å². The van der Waals surface area contributed by atoms with Crippen LogP contribution in [0.25, 0.3) is 6.08 Å². The van der Waals surface area contributed by atoms with E-state index in [-0.39, 0.29) is 0 Å². The van der Waals surface area contributed by atoms with E-state index in [1.165, 1.54) is 0 Å². The number of fused-ring (bicyclic) bond motifs is 1. The van der Waals surface area contributed by atoms with Gasteiger partial charge in [0.1, 0.15) is 5.76 Å². The molecule has 4 rings (SSSR count). The number of hydrogen-bond donors (Lipinski definition) is 1. The van der Waals surface area contributed by atoms with Gasteiger partial charge in [-0.2, -0.15) is 0 Å². The van der Waals surface area contributed by atoms with Gasteiger partial charge in [0.25, 0.3) is 0 Å². The Morgan fingerprint density at radius 1 is 1.14 bits per heavy atom. The number of hydrogen-bond acceptors (Lipinski definition) is 2. The van der Waals surface area contributed by atoms with Crippen LogP contribution in [0, 0.1) is 5.92 Å². The number of halogens is 1. The Hall–Kier alpha value is -1.70. The molecule has 0 radical (unpaired) electrons. The van der Waals surface area contributed by atoms with Gasteiger partial charge in [-0.1, -0.05) is 35.9 Å². The summed E-state index contributed by atoms with van der Waals surface area (Å²) in [5.74, 6) is 1.22. The molecule has 1 aliphatic carbocycles. The zero-order valence-corrected chi connectivity index (χ0v) is 13.5. The Morgan fingerprint density at radius 2 is 1.91 bits per heavy atom. The molecule has 1 unspecified atom stereocenters. The first-order chi connectivity index (χ1) is 10.6.